The largest absolute Gasteiger partial charge is 0.467 e. The number of furan rings is 1. The average Bonchev–Trinajstić information content (AvgIpc) is 3.13. The molecule has 1 aliphatic carbocycles. The fourth-order valence-corrected chi connectivity index (χ4v) is 2.03. The van der Waals surface area contributed by atoms with Gasteiger partial charge in [-0.2, -0.15) is 0 Å². The van der Waals surface area contributed by atoms with Gasteiger partial charge in [-0.05, 0) is 37.1 Å². The molecule has 0 atom stereocenters. The summed E-state index contributed by atoms with van der Waals surface area (Å²) in [5, 5.41) is 3.49. The van der Waals surface area contributed by atoms with Crippen LogP contribution in [0.2, 0.25) is 0 Å². The van der Waals surface area contributed by atoms with Crippen molar-refractivity contribution >= 4 is 5.82 Å². The van der Waals surface area contributed by atoms with E-state index in [0.717, 1.165) is 30.4 Å². The molecule has 1 aliphatic rings. The van der Waals surface area contributed by atoms with Gasteiger partial charge in [0.2, 0.25) is 0 Å². The van der Waals surface area contributed by atoms with Gasteiger partial charge in [0.1, 0.15) is 11.6 Å². The van der Waals surface area contributed by atoms with Crippen LogP contribution in [0.15, 0.2) is 41.0 Å². The Morgan fingerprint density at radius 1 is 1.32 bits per heavy atom. The summed E-state index contributed by atoms with van der Waals surface area (Å²) in [5.74, 6) is 1.93. The third-order valence-electron chi connectivity index (χ3n) is 3.31. The molecule has 1 N–H and O–H groups in total. The molecule has 0 bridgehead atoms. The Morgan fingerprint density at radius 3 is 2.95 bits per heavy atom. The summed E-state index contributed by atoms with van der Waals surface area (Å²) in [4.78, 5) is 6.77. The van der Waals surface area contributed by atoms with Crippen LogP contribution in [-0.2, 0) is 13.1 Å². The van der Waals surface area contributed by atoms with Crippen molar-refractivity contribution < 1.29 is 4.42 Å². The molecule has 0 aliphatic heterocycles. The minimum atomic E-state index is 0.714. The van der Waals surface area contributed by atoms with Gasteiger partial charge in [0, 0.05) is 19.6 Å². The maximum absolute atomic E-state index is 5.36. The zero-order valence-corrected chi connectivity index (χ0v) is 11.2. The second kappa shape index (κ2) is 5.45. The number of anilines is 1. The molecule has 0 unspecified atom stereocenters. The zero-order chi connectivity index (χ0) is 13.1. The minimum absolute atomic E-state index is 0.714. The van der Waals surface area contributed by atoms with E-state index in [1.807, 2.05) is 25.2 Å². The van der Waals surface area contributed by atoms with E-state index < -0.39 is 0 Å². The summed E-state index contributed by atoms with van der Waals surface area (Å²) in [6, 6.07) is 10.8. The van der Waals surface area contributed by atoms with E-state index in [4.69, 9.17) is 4.42 Å². The van der Waals surface area contributed by atoms with Gasteiger partial charge in [-0.15, -0.1) is 0 Å². The van der Waals surface area contributed by atoms with Crippen molar-refractivity contribution in [3.05, 3.63) is 48.0 Å². The molecule has 0 aromatic carbocycles. The first-order valence-corrected chi connectivity index (χ1v) is 6.74. The fourth-order valence-electron chi connectivity index (χ4n) is 2.03. The van der Waals surface area contributed by atoms with Crippen molar-refractivity contribution in [1.82, 2.24) is 10.3 Å². The molecule has 0 amide bonds. The van der Waals surface area contributed by atoms with E-state index in [0.29, 0.717) is 6.04 Å². The second-order valence-electron chi connectivity index (χ2n) is 5.08. The van der Waals surface area contributed by atoms with Crippen molar-refractivity contribution in [2.45, 2.75) is 32.0 Å². The van der Waals surface area contributed by atoms with Crippen LogP contribution >= 0.6 is 0 Å². The molecule has 0 radical (unpaired) electrons. The summed E-state index contributed by atoms with van der Waals surface area (Å²) in [7, 11) is 2.03. The first-order valence-electron chi connectivity index (χ1n) is 6.74. The van der Waals surface area contributed by atoms with Crippen LogP contribution < -0.4 is 10.2 Å². The van der Waals surface area contributed by atoms with E-state index in [9.17, 15) is 0 Å². The normalized spacial score (nSPS) is 14.6. The Hall–Kier alpha value is -1.81. The lowest BCUT2D eigenvalue weighted by Crippen LogP contribution is -2.20. The van der Waals surface area contributed by atoms with Gasteiger partial charge >= 0.3 is 0 Å². The van der Waals surface area contributed by atoms with E-state index in [2.05, 4.69) is 27.3 Å². The number of nitrogens with one attached hydrogen (secondary N) is 1. The molecule has 4 nitrogen and oxygen atoms in total. The van der Waals surface area contributed by atoms with Crippen molar-refractivity contribution in [2.24, 2.45) is 0 Å². The highest BCUT2D eigenvalue weighted by molar-refractivity contribution is 5.38. The summed E-state index contributed by atoms with van der Waals surface area (Å²) < 4.78 is 5.36. The summed E-state index contributed by atoms with van der Waals surface area (Å²) in [6.07, 6.45) is 4.31. The quantitative estimate of drug-likeness (QED) is 0.863. The Kier molecular flexibility index (Phi) is 3.51. The molecular weight excluding hydrogens is 238 g/mol. The van der Waals surface area contributed by atoms with E-state index >= 15 is 0 Å². The molecule has 19 heavy (non-hydrogen) atoms. The third-order valence-corrected chi connectivity index (χ3v) is 3.31. The van der Waals surface area contributed by atoms with Crippen LogP contribution in [-0.4, -0.2) is 18.1 Å². The van der Waals surface area contributed by atoms with Gasteiger partial charge in [-0.1, -0.05) is 6.07 Å². The van der Waals surface area contributed by atoms with Crippen molar-refractivity contribution in [3.63, 3.8) is 0 Å². The van der Waals surface area contributed by atoms with E-state index in [1.54, 1.807) is 6.26 Å². The van der Waals surface area contributed by atoms with Gasteiger partial charge in [0.05, 0.1) is 18.5 Å². The lowest BCUT2D eigenvalue weighted by molar-refractivity contribution is 0.507. The molecule has 2 aromatic heterocycles. The van der Waals surface area contributed by atoms with Crippen molar-refractivity contribution in [2.75, 3.05) is 11.9 Å². The number of hydrogen-bond donors (Lipinski definition) is 1. The Bertz CT molecular complexity index is 520. The molecule has 2 aromatic rings. The molecule has 1 saturated carbocycles. The fraction of sp³-hybridized carbons (Fsp3) is 0.400. The molecule has 3 rings (SSSR count). The van der Waals surface area contributed by atoms with E-state index in [-0.39, 0.29) is 0 Å². The van der Waals surface area contributed by atoms with Gasteiger partial charge < -0.3 is 14.6 Å². The van der Waals surface area contributed by atoms with Crippen LogP contribution in [0, 0.1) is 0 Å². The Morgan fingerprint density at radius 2 is 2.21 bits per heavy atom. The van der Waals surface area contributed by atoms with Crippen LogP contribution in [0.1, 0.15) is 24.3 Å². The number of rotatable bonds is 6. The highest BCUT2D eigenvalue weighted by atomic mass is 16.3. The second-order valence-corrected chi connectivity index (χ2v) is 5.08. The van der Waals surface area contributed by atoms with Crippen LogP contribution in [0.25, 0.3) is 0 Å². The minimum Gasteiger partial charge on any atom is -0.467 e. The highest BCUT2D eigenvalue weighted by Gasteiger charge is 2.20. The topological polar surface area (TPSA) is 41.3 Å². The predicted molar refractivity (Wildman–Crippen MR) is 74.9 cm³/mol. The number of pyridine rings is 1. The molecular formula is C15H19N3O. The van der Waals surface area contributed by atoms with Crippen molar-refractivity contribution in [3.8, 4) is 0 Å². The summed E-state index contributed by atoms with van der Waals surface area (Å²) in [6.45, 7) is 1.59. The lowest BCUT2D eigenvalue weighted by atomic mass is 10.3. The first-order chi connectivity index (χ1) is 9.31. The molecule has 100 valence electrons. The van der Waals surface area contributed by atoms with Crippen LogP contribution in [0.4, 0.5) is 5.82 Å². The van der Waals surface area contributed by atoms with Crippen molar-refractivity contribution in [1.29, 1.82) is 0 Å². The maximum Gasteiger partial charge on any atom is 0.129 e. The summed E-state index contributed by atoms with van der Waals surface area (Å²) >= 11 is 0. The Balaban J connectivity index is 1.63. The van der Waals surface area contributed by atoms with Gasteiger partial charge in [0.15, 0.2) is 0 Å². The smallest absolute Gasteiger partial charge is 0.129 e. The van der Waals surface area contributed by atoms with E-state index in [1.165, 1.54) is 12.8 Å². The lowest BCUT2D eigenvalue weighted by Gasteiger charge is -2.17. The number of hydrogen-bond acceptors (Lipinski definition) is 4. The zero-order valence-electron chi connectivity index (χ0n) is 11.2. The standard InChI is InChI=1S/C15H19N3O/c1-18(11-14-5-3-9-19-14)15-6-2-4-13(17-15)10-16-12-7-8-12/h2-6,9,12,16H,7-8,10-11H2,1H3. The predicted octanol–water partition coefficient (Wildman–Crippen LogP) is 2.56. The number of nitrogens with zero attached hydrogens (tertiary/aromatic N) is 2. The van der Waals surface area contributed by atoms with Gasteiger partial charge in [-0.3, -0.25) is 0 Å². The SMILES string of the molecule is CN(Cc1ccco1)c1cccc(CNC2CC2)n1. The van der Waals surface area contributed by atoms with Gasteiger partial charge in [0.25, 0.3) is 0 Å². The average molecular weight is 257 g/mol. The van der Waals surface area contributed by atoms with Gasteiger partial charge in [-0.25, -0.2) is 4.98 Å². The summed E-state index contributed by atoms with van der Waals surface area (Å²) in [5.41, 5.74) is 1.09. The molecule has 4 heteroatoms. The maximum atomic E-state index is 5.36. The van der Waals surface area contributed by atoms with Crippen LogP contribution in [0.3, 0.4) is 0 Å². The Labute approximate surface area is 113 Å². The number of aromatic nitrogens is 1. The molecule has 2 heterocycles. The molecule has 1 fully saturated rings. The molecule has 0 spiro atoms. The monoisotopic (exact) mass is 257 g/mol. The molecule has 0 saturated heterocycles. The highest BCUT2D eigenvalue weighted by Crippen LogP contribution is 2.19. The third kappa shape index (κ3) is 3.35. The van der Waals surface area contributed by atoms with Crippen LogP contribution in [0.5, 0.6) is 0 Å². The first kappa shape index (κ1) is 12.2.